The SMILES string of the molecule is BCCNCCC1(C)CCOC2(CCCC2)C1. The minimum atomic E-state index is 0.276. The van der Waals surface area contributed by atoms with Crippen LogP contribution < -0.4 is 5.32 Å². The van der Waals surface area contributed by atoms with Crippen LogP contribution in [0.25, 0.3) is 0 Å². The van der Waals surface area contributed by atoms with Crippen molar-refractivity contribution >= 4 is 7.85 Å². The second kappa shape index (κ2) is 5.75. The summed E-state index contributed by atoms with van der Waals surface area (Å²) < 4.78 is 6.13. The first-order valence-corrected chi connectivity index (χ1v) is 7.53. The molecular weight excluding hydrogens is 209 g/mol. The van der Waals surface area contributed by atoms with Crippen molar-refractivity contribution in [3.63, 3.8) is 0 Å². The third-order valence-corrected chi connectivity index (χ3v) is 4.71. The first-order valence-electron chi connectivity index (χ1n) is 7.53. The Balaban J connectivity index is 1.82. The highest BCUT2D eigenvalue weighted by atomic mass is 16.5. The lowest BCUT2D eigenvalue weighted by molar-refractivity contribution is -0.119. The quantitative estimate of drug-likeness (QED) is 0.584. The Bertz CT molecular complexity index is 240. The second-order valence-corrected chi connectivity index (χ2v) is 6.48. The predicted octanol–water partition coefficient (Wildman–Crippen LogP) is 2.15. The van der Waals surface area contributed by atoms with Gasteiger partial charge in [0.1, 0.15) is 7.85 Å². The van der Waals surface area contributed by atoms with Gasteiger partial charge in [0.25, 0.3) is 0 Å². The minimum absolute atomic E-state index is 0.276. The van der Waals surface area contributed by atoms with Gasteiger partial charge >= 0.3 is 0 Å². The zero-order chi connectivity index (χ0) is 12.2. The van der Waals surface area contributed by atoms with Crippen molar-refractivity contribution in [3.05, 3.63) is 0 Å². The van der Waals surface area contributed by atoms with Crippen LogP contribution >= 0.6 is 0 Å². The Morgan fingerprint density at radius 1 is 1.18 bits per heavy atom. The number of rotatable bonds is 5. The van der Waals surface area contributed by atoms with Gasteiger partial charge in [-0.2, -0.15) is 0 Å². The summed E-state index contributed by atoms with van der Waals surface area (Å²) in [7, 11) is 2.23. The molecule has 0 aromatic rings. The first kappa shape index (κ1) is 13.4. The van der Waals surface area contributed by atoms with Gasteiger partial charge in [0, 0.05) is 6.61 Å². The second-order valence-electron chi connectivity index (χ2n) is 6.48. The topological polar surface area (TPSA) is 21.3 Å². The van der Waals surface area contributed by atoms with Gasteiger partial charge in [-0.05, 0) is 50.6 Å². The highest BCUT2D eigenvalue weighted by Crippen LogP contribution is 2.48. The van der Waals surface area contributed by atoms with E-state index in [1.165, 1.54) is 57.8 Å². The monoisotopic (exact) mass is 237 g/mol. The van der Waals surface area contributed by atoms with Crippen molar-refractivity contribution in [1.82, 2.24) is 5.32 Å². The van der Waals surface area contributed by atoms with Gasteiger partial charge in [-0.15, -0.1) is 0 Å². The highest BCUT2D eigenvalue weighted by Gasteiger charge is 2.44. The molecule has 1 saturated heterocycles. The molecule has 0 radical (unpaired) electrons. The van der Waals surface area contributed by atoms with E-state index in [9.17, 15) is 0 Å². The zero-order valence-electron chi connectivity index (χ0n) is 11.7. The maximum Gasteiger partial charge on any atom is 0.102 e. The van der Waals surface area contributed by atoms with Crippen LogP contribution in [0.3, 0.4) is 0 Å². The molecule has 0 aromatic carbocycles. The molecule has 1 atom stereocenters. The van der Waals surface area contributed by atoms with E-state index in [2.05, 4.69) is 20.1 Å². The smallest absolute Gasteiger partial charge is 0.102 e. The van der Waals surface area contributed by atoms with Crippen molar-refractivity contribution in [2.24, 2.45) is 5.41 Å². The van der Waals surface area contributed by atoms with Crippen LogP contribution in [0.1, 0.15) is 51.9 Å². The summed E-state index contributed by atoms with van der Waals surface area (Å²) in [5.41, 5.74) is 0.793. The molecular formula is C14H28BNO. The molecule has 1 aliphatic carbocycles. The van der Waals surface area contributed by atoms with E-state index < -0.39 is 0 Å². The van der Waals surface area contributed by atoms with Gasteiger partial charge < -0.3 is 10.1 Å². The summed E-state index contributed by atoms with van der Waals surface area (Å²) in [6.07, 6.45) is 10.5. The highest BCUT2D eigenvalue weighted by molar-refractivity contribution is 6.08. The molecule has 2 aliphatic rings. The van der Waals surface area contributed by atoms with Crippen molar-refractivity contribution in [2.45, 2.75) is 63.8 Å². The lowest BCUT2D eigenvalue weighted by Crippen LogP contribution is -2.43. The van der Waals surface area contributed by atoms with Crippen LogP contribution in [0.5, 0.6) is 0 Å². The molecule has 3 heteroatoms. The fourth-order valence-electron chi connectivity index (χ4n) is 3.68. The summed E-state index contributed by atoms with van der Waals surface area (Å²) in [5, 5.41) is 3.55. The summed E-state index contributed by atoms with van der Waals surface area (Å²) in [6, 6.07) is 0. The predicted molar refractivity (Wildman–Crippen MR) is 75.3 cm³/mol. The Morgan fingerprint density at radius 2 is 1.94 bits per heavy atom. The summed E-state index contributed by atoms with van der Waals surface area (Å²) in [6.45, 7) is 5.81. The van der Waals surface area contributed by atoms with Crippen LogP contribution in [-0.4, -0.2) is 33.1 Å². The normalized spacial score (nSPS) is 32.1. The van der Waals surface area contributed by atoms with Crippen LogP contribution in [0.15, 0.2) is 0 Å². The molecule has 98 valence electrons. The molecule has 17 heavy (non-hydrogen) atoms. The molecule has 1 unspecified atom stereocenters. The van der Waals surface area contributed by atoms with Gasteiger partial charge in [0.15, 0.2) is 0 Å². The van der Waals surface area contributed by atoms with Gasteiger partial charge in [0.2, 0.25) is 0 Å². The van der Waals surface area contributed by atoms with E-state index in [-0.39, 0.29) is 5.60 Å². The maximum absolute atomic E-state index is 6.13. The summed E-state index contributed by atoms with van der Waals surface area (Å²) >= 11 is 0. The van der Waals surface area contributed by atoms with Gasteiger partial charge in [-0.1, -0.05) is 26.1 Å². The fourth-order valence-corrected chi connectivity index (χ4v) is 3.68. The van der Waals surface area contributed by atoms with Gasteiger partial charge in [0.05, 0.1) is 5.60 Å². The summed E-state index contributed by atoms with van der Waals surface area (Å²) in [5.74, 6) is 0. The summed E-state index contributed by atoms with van der Waals surface area (Å²) in [4.78, 5) is 0. The molecule has 1 heterocycles. The molecule has 0 amide bonds. The van der Waals surface area contributed by atoms with E-state index in [1.54, 1.807) is 0 Å². The Morgan fingerprint density at radius 3 is 2.65 bits per heavy atom. The number of hydrogen-bond acceptors (Lipinski definition) is 2. The van der Waals surface area contributed by atoms with E-state index in [4.69, 9.17) is 4.74 Å². The van der Waals surface area contributed by atoms with Gasteiger partial charge in [-0.25, -0.2) is 0 Å². The standard InChI is InChI=1S/C14H28BNO/c1-13(6-9-16-10-8-15)7-11-17-14(12-13)4-2-3-5-14/h16H,2-12,15H2,1H3. The minimum Gasteiger partial charge on any atom is -0.375 e. The molecule has 0 aromatic heterocycles. The van der Waals surface area contributed by atoms with Crippen molar-refractivity contribution < 1.29 is 4.74 Å². The Kier molecular flexibility index (Phi) is 4.54. The van der Waals surface area contributed by atoms with E-state index >= 15 is 0 Å². The van der Waals surface area contributed by atoms with E-state index in [0.29, 0.717) is 5.41 Å². The fraction of sp³-hybridized carbons (Fsp3) is 1.00. The van der Waals surface area contributed by atoms with Crippen LogP contribution in [0.4, 0.5) is 0 Å². The molecule has 1 N–H and O–H groups in total. The number of nitrogens with one attached hydrogen (secondary N) is 1. The molecule has 1 aliphatic heterocycles. The van der Waals surface area contributed by atoms with Crippen molar-refractivity contribution in [1.29, 1.82) is 0 Å². The Hall–Kier alpha value is -0.0151. The van der Waals surface area contributed by atoms with Crippen molar-refractivity contribution in [3.8, 4) is 0 Å². The van der Waals surface area contributed by atoms with Crippen LogP contribution in [-0.2, 0) is 4.74 Å². The molecule has 2 nitrogen and oxygen atoms in total. The van der Waals surface area contributed by atoms with Crippen LogP contribution in [0, 0.1) is 5.41 Å². The number of hydrogen-bond donors (Lipinski definition) is 1. The third-order valence-electron chi connectivity index (χ3n) is 4.71. The molecule has 2 fully saturated rings. The average Bonchev–Trinajstić information content (AvgIpc) is 2.72. The molecule has 0 bridgehead atoms. The molecule has 1 saturated carbocycles. The largest absolute Gasteiger partial charge is 0.375 e. The zero-order valence-corrected chi connectivity index (χ0v) is 11.7. The molecule has 1 spiro atoms. The number of ether oxygens (including phenoxy) is 1. The van der Waals surface area contributed by atoms with Crippen molar-refractivity contribution in [2.75, 3.05) is 19.7 Å². The maximum atomic E-state index is 6.13. The third kappa shape index (κ3) is 3.48. The lowest BCUT2D eigenvalue weighted by Gasteiger charge is -2.45. The average molecular weight is 237 g/mol. The van der Waals surface area contributed by atoms with Crippen LogP contribution in [0.2, 0.25) is 6.32 Å². The van der Waals surface area contributed by atoms with E-state index in [1.807, 2.05) is 0 Å². The van der Waals surface area contributed by atoms with E-state index in [0.717, 1.165) is 13.2 Å². The first-order chi connectivity index (χ1) is 8.18. The molecule has 2 rings (SSSR count). The van der Waals surface area contributed by atoms with Gasteiger partial charge in [-0.3, -0.25) is 0 Å². The Labute approximate surface area is 107 Å². The lowest BCUT2D eigenvalue weighted by atomic mass is 9.71.